The van der Waals surface area contributed by atoms with Crippen LogP contribution in [0.15, 0.2) is 48.5 Å². The number of halogens is 1. The van der Waals surface area contributed by atoms with E-state index in [2.05, 4.69) is 10.2 Å². The van der Waals surface area contributed by atoms with Gasteiger partial charge in [0.05, 0.1) is 12.8 Å². The predicted octanol–water partition coefficient (Wildman–Crippen LogP) is 3.09. The summed E-state index contributed by atoms with van der Waals surface area (Å²) in [5.74, 6) is 0.602. The van der Waals surface area contributed by atoms with E-state index in [1.165, 1.54) is 12.1 Å². The molecule has 0 aromatic heterocycles. The molecule has 0 bridgehead atoms. The number of benzene rings is 2. The summed E-state index contributed by atoms with van der Waals surface area (Å²) in [5, 5.41) is 2.91. The van der Waals surface area contributed by atoms with Gasteiger partial charge in [-0.1, -0.05) is 18.2 Å². The number of nitrogens with one attached hydrogen (secondary N) is 1. The molecule has 1 fully saturated rings. The standard InChI is InChI=1S/C19H21FN2O2/c1-24-18-8-3-2-7-17(18)22-10-9-14(13-22)12-21-19(23)15-5-4-6-16(20)11-15/h2-8,11,14H,9-10,12-13H2,1H3,(H,21,23)/t14-/m1/s1. The fourth-order valence-corrected chi connectivity index (χ4v) is 3.08. The first-order valence-corrected chi connectivity index (χ1v) is 8.09. The van der Waals surface area contributed by atoms with Crippen molar-refractivity contribution in [3.05, 3.63) is 59.9 Å². The van der Waals surface area contributed by atoms with Gasteiger partial charge in [-0.25, -0.2) is 4.39 Å². The van der Waals surface area contributed by atoms with Gasteiger partial charge in [-0.05, 0) is 42.7 Å². The number of para-hydroxylation sites is 2. The number of ether oxygens (including phenoxy) is 1. The van der Waals surface area contributed by atoms with Crippen molar-refractivity contribution in [1.29, 1.82) is 0 Å². The van der Waals surface area contributed by atoms with E-state index in [-0.39, 0.29) is 5.91 Å². The van der Waals surface area contributed by atoms with Gasteiger partial charge in [0.15, 0.2) is 0 Å². The van der Waals surface area contributed by atoms with Crippen LogP contribution in [0.4, 0.5) is 10.1 Å². The predicted molar refractivity (Wildman–Crippen MR) is 92.0 cm³/mol. The number of hydrogen-bond donors (Lipinski definition) is 1. The maximum absolute atomic E-state index is 13.2. The van der Waals surface area contributed by atoms with Crippen LogP contribution in [0.2, 0.25) is 0 Å². The number of amides is 1. The van der Waals surface area contributed by atoms with Crippen LogP contribution in [0.1, 0.15) is 16.8 Å². The largest absolute Gasteiger partial charge is 0.495 e. The Bertz CT molecular complexity index is 720. The average molecular weight is 328 g/mol. The third kappa shape index (κ3) is 3.67. The fraction of sp³-hybridized carbons (Fsp3) is 0.316. The quantitative estimate of drug-likeness (QED) is 0.917. The van der Waals surface area contributed by atoms with Crippen molar-refractivity contribution in [1.82, 2.24) is 5.32 Å². The Morgan fingerprint density at radius 2 is 2.12 bits per heavy atom. The average Bonchev–Trinajstić information content (AvgIpc) is 3.08. The minimum absolute atomic E-state index is 0.231. The summed E-state index contributed by atoms with van der Waals surface area (Å²) in [6.07, 6.45) is 1.00. The van der Waals surface area contributed by atoms with Gasteiger partial charge in [-0.15, -0.1) is 0 Å². The van der Waals surface area contributed by atoms with Crippen LogP contribution < -0.4 is 15.0 Å². The molecule has 2 aromatic carbocycles. The van der Waals surface area contributed by atoms with Gasteiger partial charge in [-0.2, -0.15) is 0 Å². The van der Waals surface area contributed by atoms with Gasteiger partial charge in [0.25, 0.3) is 5.91 Å². The second-order valence-electron chi connectivity index (χ2n) is 5.99. The molecule has 3 rings (SSSR count). The second-order valence-corrected chi connectivity index (χ2v) is 5.99. The van der Waals surface area contributed by atoms with Crippen LogP contribution in [-0.2, 0) is 0 Å². The van der Waals surface area contributed by atoms with E-state index in [1.54, 1.807) is 19.2 Å². The molecule has 0 spiro atoms. The normalized spacial score (nSPS) is 16.9. The van der Waals surface area contributed by atoms with Crippen molar-refractivity contribution in [2.45, 2.75) is 6.42 Å². The Balaban J connectivity index is 1.56. The van der Waals surface area contributed by atoms with Gasteiger partial charge in [-0.3, -0.25) is 4.79 Å². The summed E-state index contributed by atoms with van der Waals surface area (Å²) in [7, 11) is 1.67. The Morgan fingerprint density at radius 1 is 1.29 bits per heavy atom. The van der Waals surface area contributed by atoms with E-state index < -0.39 is 5.82 Å². The molecule has 0 saturated carbocycles. The lowest BCUT2D eigenvalue weighted by Gasteiger charge is -2.21. The topological polar surface area (TPSA) is 41.6 Å². The molecule has 0 aliphatic carbocycles. The van der Waals surface area contributed by atoms with Crippen molar-refractivity contribution in [2.75, 3.05) is 31.6 Å². The first kappa shape index (κ1) is 16.3. The Labute approximate surface area is 141 Å². The van der Waals surface area contributed by atoms with Gasteiger partial charge in [0.1, 0.15) is 11.6 Å². The SMILES string of the molecule is COc1ccccc1N1CC[C@H](CNC(=O)c2cccc(F)c2)C1. The smallest absolute Gasteiger partial charge is 0.251 e. The maximum Gasteiger partial charge on any atom is 0.251 e. The molecular formula is C19H21FN2O2. The van der Waals surface area contributed by atoms with E-state index in [1.807, 2.05) is 24.3 Å². The number of hydrogen-bond acceptors (Lipinski definition) is 3. The number of carbonyl (C=O) groups is 1. The molecule has 1 amide bonds. The molecule has 1 atom stereocenters. The highest BCUT2D eigenvalue weighted by molar-refractivity contribution is 5.94. The lowest BCUT2D eigenvalue weighted by atomic mass is 10.1. The van der Waals surface area contributed by atoms with Gasteiger partial charge in [0.2, 0.25) is 0 Å². The van der Waals surface area contributed by atoms with E-state index in [0.29, 0.717) is 18.0 Å². The first-order valence-electron chi connectivity index (χ1n) is 8.09. The highest BCUT2D eigenvalue weighted by Crippen LogP contribution is 2.31. The lowest BCUT2D eigenvalue weighted by Crippen LogP contribution is -2.31. The van der Waals surface area contributed by atoms with Crippen molar-refractivity contribution in [3.63, 3.8) is 0 Å². The monoisotopic (exact) mass is 328 g/mol. The number of methoxy groups -OCH3 is 1. The van der Waals surface area contributed by atoms with Crippen molar-refractivity contribution in [3.8, 4) is 5.75 Å². The molecule has 4 nitrogen and oxygen atoms in total. The minimum Gasteiger partial charge on any atom is -0.495 e. The molecule has 5 heteroatoms. The summed E-state index contributed by atoms with van der Waals surface area (Å²) in [6, 6.07) is 13.7. The molecule has 126 valence electrons. The zero-order valence-electron chi connectivity index (χ0n) is 13.7. The highest BCUT2D eigenvalue weighted by Gasteiger charge is 2.25. The molecule has 1 heterocycles. The van der Waals surface area contributed by atoms with Crippen LogP contribution in [0.25, 0.3) is 0 Å². The highest BCUT2D eigenvalue weighted by atomic mass is 19.1. The molecule has 0 radical (unpaired) electrons. The number of anilines is 1. The molecule has 24 heavy (non-hydrogen) atoms. The van der Waals surface area contributed by atoms with Gasteiger partial charge in [0, 0.05) is 25.2 Å². The van der Waals surface area contributed by atoms with E-state index in [9.17, 15) is 9.18 Å². The summed E-state index contributed by atoms with van der Waals surface area (Å²) in [4.78, 5) is 14.4. The number of rotatable bonds is 5. The summed E-state index contributed by atoms with van der Waals surface area (Å²) >= 11 is 0. The van der Waals surface area contributed by atoms with E-state index in [0.717, 1.165) is 30.9 Å². The minimum atomic E-state index is -0.397. The van der Waals surface area contributed by atoms with Crippen molar-refractivity contribution >= 4 is 11.6 Å². The van der Waals surface area contributed by atoms with Crippen molar-refractivity contribution in [2.24, 2.45) is 5.92 Å². The molecule has 2 aromatic rings. The van der Waals surface area contributed by atoms with Crippen LogP contribution in [0, 0.1) is 11.7 Å². The zero-order valence-corrected chi connectivity index (χ0v) is 13.7. The number of carbonyl (C=O) groups excluding carboxylic acids is 1. The Kier molecular flexibility index (Phi) is 4.99. The van der Waals surface area contributed by atoms with Gasteiger partial charge >= 0.3 is 0 Å². The molecule has 0 unspecified atom stereocenters. The number of nitrogens with zero attached hydrogens (tertiary/aromatic N) is 1. The zero-order chi connectivity index (χ0) is 16.9. The summed E-state index contributed by atoms with van der Waals surface area (Å²) in [6.45, 7) is 2.38. The fourth-order valence-electron chi connectivity index (χ4n) is 3.08. The Morgan fingerprint density at radius 3 is 2.92 bits per heavy atom. The molecular weight excluding hydrogens is 307 g/mol. The van der Waals surface area contributed by atoms with Crippen LogP contribution >= 0.6 is 0 Å². The molecule has 1 aliphatic rings. The van der Waals surface area contributed by atoms with Crippen molar-refractivity contribution < 1.29 is 13.9 Å². The van der Waals surface area contributed by atoms with Crippen LogP contribution in [0.5, 0.6) is 5.75 Å². The Hall–Kier alpha value is -2.56. The lowest BCUT2D eigenvalue weighted by molar-refractivity contribution is 0.0948. The van der Waals surface area contributed by atoms with E-state index >= 15 is 0 Å². The third-order valence-electron chi connectivity index (χ3n) is 4.35. The van der Waals surface area contributed by atoms with Crippen LogP contribution in [-0.4, -0.2) is 32.7 Å². The molecule has 1 saturated heterocycles. The van der Waals surface area contributed by atoms with E-state index in [4.69, 9.17) is 4.74 Å². The molecule has 1 N–H and O–H groups in total. The first-order chi connectivity index (χ1) is 11.7. The maximum atomic E-state index is 13.2. The summed E-state index contributed by atoms with van der Waals surface area (Å²) in [5.41, 5.74) is 1.44. The summed E-state index contributed by atoms with van der Waals surface area (Å²) < 4.78 is 18.6. The second kappa shape index (κ2) is 7.34. The van der Waals surface area contributed by atoms with Gasteiger partial charge < -0.3 is 15.0 Å². The third-order valence-corrected chi connectivity index (χ3v) is 4.35. The van der Waals surface area contributed by atoms with Crippen LogP contribution in [0.3, 0.4) is 0 Å². The molecule has 1 aliphatic heterocycles.